The first-order chi connectivity index (χ1) is 9.06. The van der Waals surface area contributed by atoms with Crippen molar-refractivity contribution in [3.05, 3.63) is 47.5 Å². The molecule has 100 valence electrons. The number of hydrogen-bond acceptors (Lipinski definition) is 4. The van der Waals surface area contributed by atoms with E-state index in [1.54, 1.807) is 12.1 Å². The van der Waals surface area contributed by atoms with E-state index in [1.165, 1.54) is 0 Å². The van der Waals surface area contributed by atoms with Gasteiger partial charge in [0.2, 0.25) is 6.79 Å². The molecule has 2 rings (SSSR count). The van der Waals surface area contributed by atoms with Crippen molar-refractivity contribution in [2.75, 3.05) is 18.3 Å². The summed E-state index contributed by atoms with van der Waals surface area (Å²) < 4.78 is 11.1. The Bertz CT molecular complexity index is 531. The number of benzene rings is 2. The Balaban J connectivity index is 1.96. The van der Waals surface area contributed by atoms with Gasteiger partial charge < -0.3 is 20.9 Å². The van der Waals surface area contributed by atoms with Gasteiger partial charge in [0.15, 0.2) is 0 Å². The summed E-state index contributed by atoms with van der Waals surface area (Å²) in [5.74, 6) is 1.53. The summed E-state index contributed by atoms with van der Waals surface area (Å²) in [5, 5.41) is 0. The minimum Gasteiger partial charge on any atom is -0.457 e. The summed E-state index contributed by atoms with van der Waals surface area (Å²) >= 11 is 0. The molecule has 2 aromatic carbocycles. The van der Waals surface area contributed by atoms with Gasteiger partial charge in [-0.05, 0) is 61.4 Å². The molecule has 0 aliphatic carbocycles. The highest BCUT2D eigenvalue weighted by Gasteiger charge is 2.02. The van der Waals surface area contributed by atoms with Gasteiger partial charge in [0.25, 0.3) is 0 Å². The molecule has 0 spiro atoms. The first kappa shape index (κ1) is 13.1. The molecule has 0 bridgehead atoms. The first-order valence-electron chi connectivity index (χ1n) is 6.04. The molecule has 19 heavy (non-hydrogen) atoms. The minimum absolute atomic E-state index is 0.148. The summed E-state index contributed by atoms with van der Waals surface area (Å²) in [6, 6.07) is 11.0. The molecule has 0 saturated heterocycles. The van der Waals surface area contributed by atoms with Crippen molar-refractivity contribution < 1.29 is 9.47 Å². The van der Waals surface area contributed by atoms with Gasteiger partial charge >= 0.3 is 0 Å². The Kier molecular flexibility index (Phi) is 3.80. The topological polar surface area (TPSA) is 70.5 Å². The lowest BCUT2D eigenvalue weighted by atomic mass is 10.2. The second-order valence-corrected chi connectivity index (χ2v) is 4.46. The highest BCUT2D eigenvalue weighted by Crippen LogP contribution is 2.22. The SMILES string of the molecule is Cc1cc(N)ccc1OCOc1ccc(N)cc1C. The summed E-state index contributed by atoms with van der Waals surface area (Å²) in [7, 11) is 0. The maximum Gasteiger partial charge on any atom is 0.230 e. The summed E-state index contributed by atoms with van der Waals surface area (Å²) in [4.78, 5) is 0. The first-order valence-corrected chi connectivity index (χ1v) is 6.04. The Morgan fingerprint density at radius 2 is 1.21 bits per heavy atom. The molecule has 0 heterocycles. The van der Waals surface area contributed by atoms with Crippen LogP contribution >= 0.6 is 0 Å². The highest BCUT2D eigenvalue weighted by atomic mass is 16.7. The summed E-state index contributed by atoms with van der Waals surface area (Å²) in [6.07, 6.45) is 0. The Morgan fingerprint density at radius 1 is 0.789 bits per heavy atom. The standard InChI is InChI=1S/C15H18N2O2/c1-10-7-12(16)3-5-14(10)18-9-19-15-6-4-13(17)8-11(15)2/h3-8H,9,16-17H2,1-2H3. The van der Waals surface area contributed by atoms with Gasteiger partial charge in [-0.3, -0.25) is 0 Å². The van der Waals surface area contributed by atoms with Crippen LogP contribution in [0.1, 0.15) is 11.1 Å². The lowest BCUT2D eigenvalue weighted by Gasteiger charge is -2.12. The van der Waals surface area contributed by atoms with Gasteiger partial charge in [-0.25, -0.2) is 0 Å². The van der Waals surface area contributed by atoms with Crippen molar-refractivity contribution in [2.45, 2.75) is 13.8 Å². The van der Waals surface area contributed by atoms with Crippen molar-refractivity contribution in [3.8, 4) is 11.5 Å². The number of hydrogen-bond donors (Lipinski definition) is 2. The fraction of sp³-hybridized carbons (Fsp3) is 0.200. The molecule has 0 saturated carbocycles. The molecular weight excluding hydrogens is 240 g/mol. The normalized spacial score (nSPS) is 10.2. The molecule has 0 aromatic heterocycles. The van der Waals surface area contributed by atoms with Crippen molar-refractivity contribution >= 4 is 11.4 Å². The predicted molar refractivity (Wildman–Crippen MR) is 77.3 cm³/mol. The van der Waals surface area contributed by atoms with Gasteiger partial charge in [0, 0.05) is 11.4 Å². The van der Waals surface area contributed by atoms with Gasteiger partial charge in [-0.2, -0.15) is 0 Å². The molecule has 4 heteroatoms. The van der Waals surface area contributed by atoms with Crippen molar-refractivity contribution in [2.24, 2.45) is 0 Å². The predicted octanol–water partition coefficient (Wildman–Crippen LogP) is 2.88. The molecule has 4 N–H and O–H groups in total. The van der Waals surface area contributed by atoms with Crippen LogP contribution in [0.2, 0.25) is 0 Å². The third kappa shape index (κ3) is 3.31. The lowest BCUT2D eigenvalue weighted by Crippen LogP contribution is -2.07. The average Bonchev–Trinajstić information content (AvgIpc) is 2.34. The molecule has 0 amide bonds. The van der Waals surface area contributed by atoms with Crippen LogP contribution < -0.4 is 20.9 Å². The molecule has 0 fully saturated rings. The highest BCUT2D eigenvalue weighted by molar-refractivity contribution is 5.48. The van der Waals surface area contributed by atoms with Crippen LogP contribution in [-0.4, -0.2) is 6.79 Å². The van der Waals surface area contributed by atoms with Crippen LogP contribution in [0.4, 0.5) is 11.4 Å². The van der Waals surface area contributed by atoms with E-state index in [0.717, 1.165) is 34.0 Å². The summed E-state index contributed by atoms with van der Waals surface area (Å²) in [5.41, 5.74) is 14.8. The zero-order chi connectivity index (χ0) is 13.8. The molecule has 0 radical (unpaired) electrons. The second kappa shape index (κ2) is 5.52. The average molecular weight is 258 g/mol. The fourth-order valence-corrected chi connectivity index (χ4v) is 1.83. The smallest absolute Gasteiger partial charge is 0.230 e. The Morgan fingerprint density at radius 3 is 1.58 bits per heavy atom. The van der Waals surface area contributed by atoms with Crippen LogP contribution in [0.3, 0.4) is 0 Å². The number of rotatable bonds is 4. The van der Waals surface area contributed by atoms with E-state index in [0.29, 0.717) is 0 Å². The maximum absolute atomic E-state index is 5.68. The molecule has 0 aliphatic rings. The van der Waals surface area contributed by atoms with Crippen molar-refractivity contribution in [3.63, 3.8) is 0 Å². The van der Waals surface area contributed by atoms with Crippen LogP contribution in [0.25, 0.3) is 0 Å². The molecule has 0 aliphatic heterocycles. The van der Waals surface area contributed by atoms with Crippen molar-refractivity contribution in [1.82, 2.24) is 0 Å². The van der Waals surface area contributed by atoms with E-state index in [-0.39, 0.29) is 6.79 Å². The number of ether oxygens (including phenoxy) is 2. The van der Waals surface area contributed by atoms with Crippen LogP contribution in [0.15, 0.2) is 36.4 Å². The third-order valence-electron chi connectivity index (χ3n) is 2.83. The van der Waals surface area contributed by atoms with E-state index in [4.69, 9.17) is 20.9 Å². The van der Waals surface area contributed by atoms with Crippen molar-refractivity contribution in [1.29, 1.82) is 0 Å². The van der Waals surface area contributed by atoms with Gasteiger partial charge in [0.1, 0.15) is 11.5 Å². The largest absolute Gasteiger partial charge is 0.457 e. The molecule has 2 aromatic rings. The van der Waals surface area contributed by atoms with Gasteiger partial charge in [0.05, 0.1) is 0 Å². The molecule has 4 nitrogen and oxygen atoms in total. The number of aryl methyl sites for hydroxylation is 2. The van der Waals surface area contributed by atoms with E-state index in [9.17, 15) is 0 Å². The fourth-order valence-electron chi connectivity index (χ4n) is 1.83. The zero-order valence-electron chi connectivity index (χ0n) is 11.1. The third-order valence-corrected chi connectivity index (χ3v) is 2.83. The number of nitrogen functional groups attached to an aromatic ring is 2. The molecular formula is C15H18N2O2. The Hall–Kier alpha value is -2.36. The number of anilines is 2. The van der Waals surface area contributed by atoms with Crippen LogP contribution in [-0.2, 0) is 0 Å². The second-order valence-electron chi connectivity index (χ2n) is 4.46. The van der Waals surface area contributed by atoms with E-state index in [1.807, 2.05) is 38.1 Å². The number of nitrogens with two attached hydrogens (primary N) is 2. The Labute approximate surface area is 112 Å². The minimum atomic E-state index is 0.148. The van der Waals surface area contributed by atoms with E-state index < -0.39 is 0 Å². The van der Waals surface area contributed by atoms with Gasteiger partial charge in [-0.1, -0.05) is 0 Å². The quantitative estimate of drug-likeness (QED) is 0.653. The zero-order valence-corrected chi connectivity index (χ0v) is 11.1. The van der Waals surface area contributed by atoms with Crippen LogP contribution in [0.5, 0.6) is 11.5 Å². The van der Waals surface area contributed by atoms with Gasteiger partial charge in [-0.15, -0.1) is 0 Å². The van der Waals surface area contributed by atoms with E-state index >= 15 is 0 Å². The lowest BCUT2D eigenvalue weighted by molar-refractivity contribution is 0.118. The summed E-state index contributed by atoms with van der Waals surface area (Å²) in [6.45, 7) is 4.04. The molecule has 0 unspecified atom stereocenters. The van der Waals surface area contributed by atoms with E-state index in [2.05, 4.69) is 0 Å². The maximum atomic E-state index is 5.68. The van der Waals surface area contributed by atoms with Crippen LogP contribution in [0, 0.1) is 13.8 Å². The monoisotopic (exact) mass is 258 g/mol. The molecule has 0 atom stereocenters.